The van der Waals surface area contributed by atoms with Gasteiger partial charge >= 0.3 is 0 Å². The zero-order chi connectivity index (χ0) is 29.1. The van der Waals surface area contributed by atoms with Gasteiger partial charge in [-0.05, 0) is 125 Å². The van der Waals surface area contributed by atoms with Gasteiger partial charge in [0.25, 0.3) is 0 Å². The third kappa shape index (κ3) is 9.33. The van der Waals surface area contributed by atoms with E-state index >= 15 is 0 Å². The van der Waals surface area contributed by atoms with Crippen LogP contribution in [0.5, 0.6) is 5.75 Å². The zero-order valence-electron chi connectivity index (χ0n) is 25.1. The smallest absolute Gasteiger partial charge is 0.124 e. The first-order valence-corrected chi connectivity index (χ1v) is 17.0. The van der Waals surface area contributed by atoms with Crippen LogP contribution in [0.15, 0.2) is 58.1 Å². The average molecular weight is 598 g/mol. The SMILES string of the molecule is CNC(C)CC1=CSCC1.CNC(C)Cc1csc2c(C)ccc(O)c12.CN[C@H](C)Cc1csc2ccccc12. The molecule has 0 fully saturated rings. The number of aryl methyl sites for hydroxylation is 1. The van der Waals surface area contributed by atoms with Crippen molar-refractivity contribution in [2.75, 3.05) is 26.9 Å². The first kappa shape index (κ1) is 32.6. The van der Waals surface area contributed by atoms with Crippen molar-refractivity contribution in [2.45, 2.75) is 71.5 Å². The van der Waals surface area contributed by atoms with Gasteiger partial charge in [0, 0.05) is 38.7 Å². The largest absolute Gasteiger partial charge is 0.507 e. The lowest BCUT2D eigenvalue weighted by atomic mass is 10.0. The fourth-order valence-corrected chi connectivity index (χ4v) is 7.61. The highest BCUT2D eigenvalue weighted by atomic mass is 32.2. The van der Waals surface area contributed by atoms with Crippen LogP contribution >= 0.6 is 34.4 Å². The van der Waals surface area contributed by atoms with Gasteiger partial charge in [-0.15, -0.1) is 34.4 Å². The number of rotatable bonds is 9. The summed E-state index contributed by atoms with van der Waals surface area (Å²) in [6, 6.07) is 14.0. The molecule has 1 aliphatic rings. The molecular formula is C33H47N3OS3. The second-order valence-electron chi connectivity index (χ2n) is 10.7. The topological polar surface area (TPSA) is 56.3 Å². The van der Waals surface area contributed by atoms with Crippen molar-refractivity contribution in [1.29, 1.82) is 0 Å². The lowest BCUT2D eigenvalue weighted by Gasteiger charge is -2.09. The Balaban J connectivity index is 0.000000170. The molecule has 3 atom stereocenters. The molecule has 5 rings (SSSR count). The predicted molar refractivity (Wildman–Crippen MR) is 183 cm³/mol. The second-order valence-corrected chi connectivity index (χ2v) is 13.5. The summed E-state index contributed by atoms with van der Waals surface area (Å²) in [5, 5.41) is 28.9. The second kappa shape index (κ2) is 16.5. The maximum atomic E-state index is 9.94. The molecule has 0 saturated carbocycles. The minimum absolute atomic E-state index is 0.403. The van der Waals surface area contributed by atoms with Gasteiger partial charge < -0.3 is 21.1 Å². The number of benzene rings is 2. The number of fused-ring (bicyclic) bond motifs is 2. The molecule has 2 unspecified atom stereocenters. The van der Waals surface area contributed by atoms with Crippen molar-refractivity contribution >= 4 is 54.6 Å². The van der Waals surface area contributed by atoms with Crippen LogP contribution in [0.4, 0.5) is 0 Å². The minimum atomic E-state index is 0.403. The van der Waals surface area contributed by atoms with Gasteiger partial charge in [0.15, 0.2) is 0 Å². The number of likely N-dealkylation sites (N-methyl/N-ethyl adjacent to an activating group) is 2. The molecule has 218 valence electrons. The lowest BCUT2D eigenvalue weighted by molar-refractivity contribution is 0.481. The highest BCUT2D eigenvalue weighted by Gasteiger charge is 2.12. The number of thiophene rings is 2. The molecule has 4 nitrogen and oxygen atoms in total. The number of phenolic OH excluding ortho intramolecular Hbond substituents is 1. The Kier molecular flexibility index (Phi) is 13.5. The van der Waals surface area contributed by atoms with E-state index in [9.17, 15) is 5.11 Å². The molecule has 0 amide bonds. The Hall–Kier alpha value is -1.87. The number of nitrogens with one attached hydrogen (secondary N) is 3. The van der Waals surface area contributed by atoms with Crippen LogP contribution in [-0.2, 0) is 12.8 Å². The third-order valence-corrected chi connectivity index (χ3v) is 10.5. The first-order chi connectivity index (χ1) is 19.3. The molecule has 0 saturated heterocycles. The van der Waals surface area contributed by atoms with Crippen molar-refractivity contribution in [1.82, 2.24) is 16.0 Å². The fraction of sp³-hybridized carbons (Fsp3) is 0.455. The number of hydrogen-bond acceptors (Lipinski definition) is 7. The molecule has 2 aromatic carbocycles. The maximum absolute atomic E-state index is 9.94. The van der Waals surface area contributed by atoms with E-state index in [0.29, 0.717) is 23.9 Å². The van der Waals surface area contributed by atoms with Gasteiger partial charge in [0.2, 0.25) is 0 Å². The Morgan fingerprint density at radius 3 is 2.08 bits per heavy atom. The predicted octanol–water partition coefficient (Wildman–Crippen LogP) is 8.12. The van der Waals surface area contributed by atoms with E-state index in [1.165, 1.54) is 50.1 Å². The number of hydrogen-bond donors (Lipinski definition) is 4. The summed E-state index contributed by atoms with van der Waals surface area (Å²) in [6.45, 7) is 8.68. The van der Waals surface area contributed by atoms with Crippen molar-refractivity contribution in [3.8, 4) is 5.75 Å². The van der Waals surface area contributed by atoms with Crippen LogP contribution in [-0.4, -0.2) is 50.1 Å². The van der Waals surface area contributed by atoms with Gasteiger partial charge in [-0.3, -0.25) is 0 Å². The Bertz CT molecular complexity index is 1360. The quantitative estimate of drug-likeness (QED) is 0.157. The summed E-state index contributed by atoms with van der Waals surface area (Å²) in [4.78, 5) is 0. The van der Waals surface area contributed by atoms with E-state index in [4.69, 9.17) is 0 Å². The summed E-state index contributed by atoms with van der Waals surface area (Å²) < 4.78 is 2.60. The summed E-state index contributed by atoms with van der Waals surface area (Å²) >= 11 is 5.50. The molecule has 0 radical (unpaired) electrons. The molecule has 3 heterocycles. The summed E-state index contributed by atoms with van der Waals surface area (Å²) in [5.74, 6) is 1.70. The summed E-state index contributed by atoms with van der Waals surface area (Å²) in [6.07, 6.45) is 4.59. The van der Waals surface area contributed by atoms with Gasteiger partial charge in [0.1, 0.15) is 5.75 Å². The number of phenols is 1. The monoisotopic (exact) mass is 597 g/mol. The van der Waals surface area contributed by atoms with Gasteiger partial charge in [0.05, 0.1) is 0 Å². The Morgan fingerprint density at radius 1 is 0.800 bits per heavy atom. The zero-order valence-corrected chi connectivity index (χ0v) is 27.6. The van der Waals surface area contributed by atoms with Crippen molar-refractivity contribution < 1.29 is 5.11 Å². The molecule has 1 aliphatic heterocycles. The molecule has 7 heteroatoms. The Labute approximate surface area is 253 Å². The van der Waals surface area contributed by atoms with Crippen molar-refractivity contribution in [2.24, 2.45) is 0 Å². The standard InChI is InChI=1S/C13H17NOS.C12H15NS.C8H15NS/c1-8-4-5-11(15)12-10(6-9(2)14-3)7-16-13(8)12;1-9(13-2)7-10-8-14-12-6-4-3-5-11(10)12;1-7(9-2)5-8-3-4-10-6-8/h4-5,7,9,14-15H,6H2,1-3H3;3-6,8-9,13H,7H2,1-2H3;6-7,9H,3-5H2,1-2H3/t;9-;/m.1./s1. The van der Waals surface area contributed by atoms with Gasteiger partial charge in [-0.2, -0.15) is 0 Å². The highest BCUT2D eigenvalue weighted by Crippen LogP contribution is 2.36. The van der Waals surface area contributed by atoms with Crippen molar-refractivity contribution in [3.05, 3.63) is 74.8 Å². The fourth-order valence-electron chi connectivity index (χ4n) is 4.60. The molecule has 40 heavy (non-hydrogen) atoms. The number of aromatic hydroxyl groups is 1. The summed E-state index contributed by atoms with van der Waals surface area (Å²) in [5.41, 5.74) is 5.56. The van der Waals surface area contributed by atoms with Crippen LogP contribution in [0.3, 0.4) is 0 Å². The van der Waals surface area contributed by atoms with E-state index in [0.717, 1.165) is 18.2 Å². The van der Waals surface area contributed by atoms with Crippen LogP contribution in [0.25, 0.3) is 20.2 Å². The molecule has 0 bridgehead atoms. The number of thioether (sulfide) groups is 1. The van der Waals surface area contributed by atoms with E-state index in [1.54, 1.807) is 23.0 Å². The molecular weight excluding hydrogens is 551 g/mol. The lowest BCUT2D eigenvalue weighted by Crippen LogP contribution is -2.23. The van der Waals surface area contributed by atoms with Crippen LogP contribution in [0.2, 0.25) is 0 Å². The molecule has 2 aromatic heterocycles. The minimum Gasteiger partial charge on any atom is -0.507 e. The van der Waals surface area contributed by atoms with Crippen LogP contribution in [0, 0.1) is 6.92 Å². The van der Waals surface area contributed by atoms with Gasteiger partial charge in [-0.1, -0.05) is 29.8 Å². The van der Waals surface area contributed by atoms with E-state index in [1.807, 2.05) is 50.3 Å². The average Bonchev–Trinajstić information content (AvgIpc) is 3.73. The van der Waals surface area contributed by atoms with E-state index < -0.39 is 0 Å². The van der Waals surface area contributed by atoms with Gasteiger partial charge in [-0.25, -0.2) is 0 Å². The molecule has 4 N–H and O–H groups in total. The van der Waals surface area contributed by atoms with Crippen LogP contribution in [0.1, 0.15) is 50.3 Å². The molecule has 0 aliphatic carbocycles. The van der Waals surface area contributed by atoms with E-state index in [-0.39, 0.29) is 0 Å². The maximum Gasteiger partial charge on any atom is 0.124 e. The molecule has 4 aromatic rings. The van der Waals surface area contributed by atoms with Crippen molar-refractivity contribution in [3.63, 3.8) is 0 Å². The summed E-state index contributed by atoms with van der Waals surface area (Å²) in [7, 11) is 6.00. The highest BCUT2D eigenvalue weighted by molar-refractivity contribution is 8.02. The first-order valence-electron chi connectivity index (χ1n) is 14.2. The van der Waals surface area contributed by atoms with E-state index in [2.05, 4.69) is 84.1 Å². The van der Waals surface area contributed by atoms with Crippen LogP contribution < -0.4 is 16.0 Å². The third-order valence-electron chi connectivity index (χ3n) is 7.42. The normalized spacial score (nSPS) is 15.1. The Morgan fingerprint density at radius 2 is 1.43 bits per heavy atom. The molecule has 0 spiro atoms.